The van der Waals surface area contributed by atoms with Crippen LogP contribution in [0, 0.1) is 6.92 Å². The first kappa shape index (κ1) is 14.4. The minimum absolute atomic E-state index is 0.134. The fraction of sp³-hybridized carbons (Fsp3) is 0.176. The van der Waals surface area contributed by atoms with E-state index in [-0.39, 0.29) is 11.7 Å². The van der Waals surface area contributed by atoms with Crippen molar-refractivity contribution in [3.63, 3.8) is 0 Å². The summed E-state index contributed by atoms with van der Waals surface area (Å²) in [7, 11) is 0. The molecule has 7 heteroatoms. The lowest BCUT2D eigenvalue weighted by molar-refractivity contribution is 0.0924. The number of hydrogen-bond donors (Lipinski definition) is 2. The number of aryl methyl sites for hydroxylation is 1. The van der Waals surface area contributed by atoms with Crippen molar-refractivity contribution in [1.29, 1.82) is 0 Å². The Labute approximate surface area is 138 Å². The largest absolute Gasteiger partial charge is 0.507 e. The van der Waals surface area contributed by atoms with E-state index in [4.69, 9.17) is 0 Å². The number of aromatic nitrogens is 4. The second-order valence-corrected chi connectivity index (χ2v) is 5.68. The zero-order valence-electron chi connectivity index (χ0n) is 13.0. The van der Waals surface area contributed by atoms with E-state index in [0.29, 0.717) is 41.6 Å². The topological polar surface area (TPSA) is 92.9 Å². The van der Waals surface area contributed by atoms with E-state index >= 15 is 0 Å². The molecule has 0 unspecified atom stereocenters. The number of aromatic hydroxyl groups is 1. The Hall–Kier alpha value is -3.22. The van der Waals surface area contributed by atoms with Gasteiger partial charge in [0.15, 0.2) is 5.82 Å². The molecule has 0 saturated carbocycles. The zero-order chi connectivity index (χ0) is 16.7. The Balaban J connectivity index is 1.77. The van der Waals surface area contributed by atoms with E-state index in [1.807, 2.05) is 13.0 Å². The molecule has 3 aromatic rings. The van der Waals surface area contributed by atoms with Gasteiger partial charge < -0.3 is 10.4 Å². The molecule has 4 rings (SSSR count). The van der Waals surface area contributed by atoms with Gasteiger partial charge in [0.25, 0.3) is 5.91 Å². The van der Waals surface area contributed by atoms with Crippen LogP contribution in [0.1, 0.15) is 16.1 Å². The molecule has 0 radical (unpaired) electrons. The Morgan fingerprint density at radius 1 is 1.21 bits per heavy atom. The van der Waals surface area contributed by atoms with E-state index < -0.39 is 0 Å². The number of carbonyl (C=O) groups excluding carboxylic acids is 1. The van der Waals surface area contributed by atoms with Crippen LogP contribution in [0.5, 0.6) is 5.75 Å². The van der Waals surface area contributed by atoms with Crippen LogP contribution >= 0.6 is 0 Å². The van der Waals surface area contributed by atoms with Gasteiger partial charge in [-0.3, -0.25) is 9.48 Å². The zero-order valence-corrected chi connectivity index (χ0v) is 13.0. The molecule has 3 heterocycles. The maximum absolute atomic E-state index is 11.9. The van der Waals surface area contributed by atoms with Crippen molar-refractivity contribution in [1.82, 2.24) is 25.1 Å². The molecule has 24 heavy (non-hydrogen) atoms. The van der Waals surface area contributed by atoms with E-state index in [9.17, 15) is 9.90 Å². The average molecular weight is 321 g/mol. The summed E-state index contributed by atoms with van der Waals surface area (Å²) in [6.07, 6.45) is 1.62. The van der Waals surface area contributed by atoms with Gasteiger partial charge in [-0.25, -0.2) is 9.97 Å². The number of benzene rings is 1. The normalized spacial score (nSPS) is 13.5. The predicted molar refractivity (Wildman–Crippen MR) is 87.4 cm³/mol. The second-order valence-electron chi connectivity index (χ2n) is 5.68. The molecule has 1 amide bonds. The summed E-state index contributed by atoms with van der Waals surface area (Å²) in [4.78, 5) is 20.6. The first-order valence-electron chi connectivity index (χ1n) is 7.61. The number of hydrogen-bond acceptors (Lipinski definition) is 5. The van der Waals surface area contributed by atoms with Gasteiger partial charge in [0.1, 0.15) is 17.1 Å². The van der Waals surface area contributed by atoms with E-state index in [2.05, 4.69) is 20.4 Å². The number of amides is 1. The van der Waals surface area contributed by atoms with E-state index in [1.165, 1.54) is 0 Å². The Bertz CT molecular complexity index is 948. The van der Waals surface area contributed by atoms with Crippen LogP contribution in [0.4, 0.5) is 0 Å². The lowest BCUT2D eigenvalue weighted by Gasteiger charge is -2.13. The quantitative estimate of drug-likeness (QED) is 0.750. The molecular formula is C17H15N5O2. The highest BCUT2D eigenvalue weighted by atomic mass is 16.3. The maximum atomic E-state index is 11.9. The number of rotatable bonds is 2. The van der Waals surface area contributed by atoms with Crippen molar-refractivity contribution >= 4 is 5.91 Å². The molecule has 1 aromatic carbocycles. The molecule has 1 aliphatic heterocycles. The first-order valence-corrected chi connectivity index (χ1v) is 7.61. The highest BCUT2D eigenvalue weighted by Gasteiger charge is 2.20. The van der Waals surface area contributed by atoms with E-state index in [1.54, 1.807) is 35.1 Å². The van der Waals surface area contributed by atoms with Crippen LogP contribution in [-0.2, 0) is 6.54 Å². The summed E-state index contributed by atoms with van der Waals surface area (Å²) < 4.78 is 1.68. The molecule has 0 spiro atoms. The Morgan fingerprint density at radius 3 is 2.88 bits per heavy atom. The molecule has 0 aliphatic carbocycles. The summed E-state index contributed by atoms with van der Waals surface area (Å²) in [5, 5.41) is 17.4. The molecule has 0 fully saturated rings. The van der Waals surface area contributed by atoms with Gasteiger partial charge in [-0.1, -0.05) is 6.07 Å². The van der Waals surface area contributed by atoms with Gasteiger partial charge in [-0.05, 0) is 36.8 Å². The molecule has 0 bridgehead atoms. The lowest BCUT2D eigenvalue weighted by atomic mass is 10.1. The minimum Gasteiger partial charge on any atom is -0.507 e. The third-order valence-electron chi connectivity index (χ3n) is 3.93. The van der Waals surface area contributed by atoms with Crippen LogP contribution in [0.25, 0.3) is 22.8 Å². The standard InChI is InChI=1S/C17H15N5O2/c1-10-2-3-11(15(23)8-10)16-18-5-4-12(20-16)13-9-14-17(24)19-6-7-22(14)21-13/h2-5,8-9,23H,6-7H2,1H3,(H,19,24). The summed E-state index contributed by atoms with van der Waals surface area (Å²) in [6, 6.07) is 8.81. The van der Waals surface area contributed by atoms with Crippen molar-refractivity contribution in [2.45, 2.75) is 13.5 Å². The SMILES string of the molecule is Cc1ccc(-c2nccc(-c3cc4n(n3)CCNC4=O)n2)c(O)c1. The summed E-state index contributed by atoms with van der Waals surface area (Å²) in [5.74, 6) is 0.418. The number of nitrogens with one attached hydrogen (secondary N) is 1. The fourth-order valence-corrected chi connectivity index (χ4v) is 2.72. The van der Waals surface area contributed by atoms with Gasteiger partial charge in [0, 0.05) is 12.7 Å². The van der Waals surface area contributed by atoms with Gasteiger partial charge >= 0.3 is 0 Å². The third-order valence-corrected chi connectivity index (χ3v) is 3.93. The van der Waals surface area contributed by atoms with Crippen molar-refractivity contribution in [2.24, 2.45) is 0 Å². The monoisotopic (exact) mass is 321 g/mol. The second kappa shape index (κ2) is 5.45. The van der Waals surface area contributed by atoms with Crippen molar-refractivity contribution < 1.29 is 9.90 Å². The van der Waals surface area contributed by atoms with Crippen LogP contribution in [0.3, 0.4) is 0 Å². The van der Waals surface area contributed by atoms with Crippen LogP contribution in [0.2, 0.25) is 0 Å². The van der Waals surface area contributed by atoms with Crippen molar-refractivity contribution in [3.8, 4) is 28.5 Å². The summed E-state index contributed by atoms with van der Waals surface area (Å²) >= 11 is 0. The van der Waals surface area contributed by atoms with Crippen LogP contribution in [0.15, 0.2) is 36.5 Å². The average Bonchev–Trinajstić information content (AvgIpc) is 3.01. The van der Waals surface area contributed by atoms with Crippen molar-refractivity contribution in [3.05, 3.63) is 47.8 Å². The van der Waals surface area contributed by atoms with Crippen LogP contribution in [-0.4, -0.2) is 37.3 Å². The number of nitrogens with zero attached hydrogens (tertiary/aromatic N) is 4. The number of carbonyl (C=O) groups is 1. The molecule has 1 aliphatic rings. The van der Waals surface area contributed by atoms with E-state index in [0.717, 1.165) is 5.56 Å². The number of phenolic OH excluding ortho intramolecular Hbond substituents is 1. The molecule has 0 atom stereocenters. The lowest BCUT2D eigenvalue weighted by Crippen LogP contribution is -2.35. The fourth-order valence-electron chi connectivity index (χ4n) is 2.72. The predicted octanol–water partition coefficient (Wildman–Crippen LogP) is 1.76. The van der Waals surface area contributed by atoms with Gasteiger partial charge in [0.05, 0.1) is 17.8 Å². The summed E-state index contributed by atoms with van der Waals surface area (Å²) in [6.45, 7) is 3.11. The highest BCUT2D eigenvalue weighted by molar-refractivity contribution is 5.94. The highest BCUT2D eigenvalue weighted by Crippen LogP contribution is 2.28. The van der Waals surface area contributed by atoms with Gasteiger partial charge in [-0.2, -0.15) is 5.10 Å². The molecule has 2 aromatic heterocycles. The molecule has 2 N–H and O–H groups in total. The summed E-state index contributed by atoms with van der Waals surface area (Å²) in [5.41, 5.74) is 3.26. The smallest absolute Gasteiger partial charge is 0.269 e. The third kappa shape index (κ3) is 2.40. The number of phenols is 1. The molecule has 7 nitrogen and oxygen atoms in total. The first-order chi connectivity index (χ1) is 11.6. The van der Waals surface area contributed by atoms with Crippen LogP contribution < -0.4 is 5.32 Å². The molecule has 0 saturated heterocycles. The number of fused-ring (bicyclic) bond motifs is 1. The minimum atomic E-state index is -0.134. The molecule has 120 valence electrons. The Morgan fingerprint density at radius 2 is 2.08 bits per heavy atom. The van der Waals surface area contributed by atoms with Gasteiger partial charge in [-0.15, -0.1) is 0 Å². The molecular weight excluding hydrogens is 306 g/mol. The van der Waals surface area contributed by atoms with Crippen molar-refractivity contribution in [2.75, 3.05) is 6.54 Å². The maximum Gasteiger partial charge on any atom is 0.269 e. The van der Waals surface area contributed by atoms with Gasteiger partial charge in [0.2, 0.25) is 0 Å². The Kier molecular flexibility index (Phi) is 3.26.